The van der Waals surface area contributed by atoms with E-state index in [0.717, 1.165) is 24.8 Å². The van der Waals surface area contributed by atoms with Crippen LogP contribution in [0.25, 0.3) is 0 Å². The number of phenols is 1. The molecule has 3 nitrogen and oxygen atoms in total. The minimum absolute atomic E-state index is 0.157. The molecule has 3 rings (SSSR count). The monoisotopic (exact) mass is 232 g/mol. The average Bonchev–Trinajstić information content (AvgIpc) is 2.58. The summed E-state index contributed by atoms with van der Waals surface area (Å²) in [6.07, 6.45) is 3.49. The lowest BCUT2D eigenvalue weighted by atomic mass is 9.70. The van der Waals surface area contributed by atoms with Crippen molar-refractivity contribution in [3.05, 3.63) is 29.3 Å². The molecule has 0 aromatic heterocycles. The van der Waals surface area contributed by atoms with E-state index in [1.165, 1.54) is 0 Å². The zero-order valence-electron chi connectivity index (χ0n) is 9.65. The lowest BCUT2D eigenvalue weighted by Gasteiger charge is -2.33. The summed E-state index contributed by atoms with van der Waals surface area (Å²) in [5, 5.41) is 19.0. The molecule has 0 unspecified atom stereocenters. The van der Waals surface area contributed by atoms with Gasteiger partial charge in [-0.25, -0.2) is 0 Å². The smallest absolute Gasteiger partial charge is 0.169 e. The van der Waals surface area contributed by atoms with E-state index in [0.29, 0.717) is 18.4 Å². The van der Waals surface area contributed by atoms with Gasteiger partial charge < -0.3 is 10.2 Å². The molecular weight excluding hydrogens is 216 g/mol. The van der Waals surface area contributed by atoms with E-state index in [1.54, 1.807) is 12.1 Å². The molecule has 0 radical (unpaired) electrons. The van der Waals surface area contributed by atoms with E-state index in [-0.39, 0.29) is 23.1 Å². The highest BCUT2D eigenvalue weighted by molar-refractivity contribution is 6.05. The molecule has 1 aromatic carbocycles. The van der Waals surface area contributed by atoms with Crippen LogP contribution in [-0.4, -0.2) is 22.1 Å². The molecule has 0 atom stereocenters. The van der Waals surface area contributed by atoms with E-state index in [1.807, 2.05) is 6.07 Å². The van der Waals surface area contributed by atoms with E-state index >= 15 is 0 Å². The first-order chi connectivity index (χ1) is 8.11. The van der Waals surface area contributed by atoms with Gasteiger partial charge in [0.15, 0.2) is 5.78 Å². The number of aliphatic hydroxyl groups is 1. The van der Waals surface area contributed by atoms with Gasteiger partial charge in [-0.3, -0.25) is 4.79 Å². The van der Waals surface area contributed by atoms with Gasteiger partial charge in [0.2, 0.25) is 0 Å². The molecule has 1 spiro atoms. The lowest BCUT2D eigenvalue weighted by molar-refractivity contribution is 0.0513. The molecule has 1 fully saturated rings. The van der Waals surface area contributed by atoms with Crippen LogP contribution in [-0.2, 0) is 6.42 Å². The number of carbonyl (C=O) groups excluding carboxylic acids is 1. The van der Waals surface area contributed by atoms with Crippen molar-refractivity contribution in [3.8, 4) is 5.75 Å². The standard InChI is InChI=1S/C14H16O3/c15-10-3-5-14(6-4-10)8-9-1-2-11(16)7-12(9)13(14)17/h1-2,7,10,15-16H,3-6,8H2. The zero-order chi connectivity index (χ0) is 12.0. The number of fused-ring (bicyclic) bond motifs is 1. The molecule has 0 bridgehead atoms. The van der Waals surface area contributed by atoms with Gasteiger partial charge >= 0.3 is 0 Å². The fourth-order valence-electron chi connectivity index (χ4n) is 3.22. The number of aliphatic hydroxyl groups excluding tert-OH is 1. The molecule has 0 aliphatic heterocycles. The van der Waals surface area contributed by atoms with Crippen LogP contribution in [0.2, 0.25) is 0 Å². The van der Waals surface area contributed by atoms with Crippen LogP contribution in [0, 0.1) is 5.41 Å². The van der Waals surface area contributed by atoms with Gasteiger partial charge in [0, 0.05) is 11.0 Å². The lowest BCUT2D eigenvalue weighted by Crippen LogP contribution is -2.34. The zero-order valence-corrected chi connectivity index (χ0v) is 9.65. The number of rotatable bonds is 0. The van der Waals surface area contributed by atoms with Crippen LogP contribution in [0.4, 0.5) is 0 Å². The molecule has 0 saturated heterocycles. The highest BCUT2D eigenvalue weighted by Gasteiger charge is 2.47. The number of benzene rings is 1. The molecule has 1 aromatic rings. The maximum atomic E-state index is 12.4. The van der Waals surface area contributed by atoms with Gasteiger partial charge in [-0.1, -0.05) is 6.07 Å². The first kappa shape index (κ1) is 10.8. The molecular formula is C14H16O3. The third kappa shape index (κ3) is 1.57. The van der Waals surface area contributed by atoms with Crippen molar-refractivity contribution in [2.45, 2.75) is 38.2 Å². The Morgan fingerprint density at radius 3 is 2.65 bits per heavy atom. The predicted molar refractivity (Wildman–Crippen MR) is 63.0 cm³/mol. The highest BCUT2D eigenvalue weighted by Crippen LogP contribution is 2.47. The van der Waals surface area contributed by atoms with Gasteiger partial charge in [-0.05, 0) is 49.8 Å². The Balaban J connectivity index is 1.96. The van der Waals surface area contributed by atoms with Crippen molar-refractivity contribution in [2.75, 3.05) is 0 Å². The third-order valence-corrected chi connectivity index (χ3v) is 4.26. The van der Waals surface area contributed by atoms with Crippen molar-refractivity contribution in [3.63, 3.8) is 0 Å². The van der Waals surface area contributed by atoms with Gasteiger partial charge in [-0.15, -0.1) is 0 Å². The first-order valence-corrected chi connectivity index (χ1v) is 6.15. The largest absolute Gasteiger partial charge is 0.508 e. The fraction of sp³-hybridized carbons (Fsp3) is 0.500. The number of carbonyl (C=O) groups is 1. The summed E-state index contributed by atoms with van der Waals surface area (Å²) in [4.78, 5) is 12.4. The Morgan fingerprint density at radius 2 is 1.94 bits per heavy atom. The van der Waals surface area contributed by atoms with Crippen molar-refractivity contribution in [2.24, 2.45) is 5.41 Å². The number of ketones is 1. The van der Waals surface area contributed by atoms with E-state index < -0.39 is 0 Å². The van der Waals surface area contributed by atoms with Crippen LogP contribution < -0.4 is 0 Å². The van der Waals surface area contributed by atoms with Crippen molar-refractivity contribution in [1.82, 2.24) is 0 Å². The minimum atomic E-state index is -0.296. The van der Waals surface area contributed by atoms with E-state index in [2.05, 4.69) is 0 Å². The van der Waals surface area contributed by atoms with Gasteiger partial charge in [0.05, 0.1) is 6.10 Å². The average molecular weight is 232 g/mol. The van der Waals surface area contributed by atoms with Crippen molar-refractivity contribution >= 4 is 5.78 Å². The second kappa shape index (κ2) is 3.57. The summed E-state index contributed by atoms with van der Waals surface area (Å²) < 4.78 is 0. The second-order valence-corrected chi connectivity index (χ2v) is 5.36. The summed E-state index contributed by atoms with van der Waals surface area (Å²) >= 11 is 0. The maximum absolute atomic E-state index is 12.4. The summed E-state index contributed by atoms with van der Waals surface area (Å²) in [5.74, 6) is 0.320. The molecule has 1 saturated carbocycles. The minimum Gasteiger partial charge on any atom is -0.508 e. The first-order valence-electron chi connectivity index (χ1n) is 6.15. The maximum Gasteiger partial charge on any atom is 0.169 e. The molecule has 3 heteroatoms. The molecule has 2 aliphatic rings. The summed E-state index contributed by atoms with van der Waals surface area (Å²) in [6.45, 7) is 0. The number of Topliss-reactive ketones (excluding diaryl/α,β-unsaturated/α-hetero) is 1. The van der Waals surface area contributed by atoms with E-state index in [9.17, 15) is 15.0 Å². The van der Waals surface area contributed by atoms with Crippen LogP contribution in [0.3, 0.4) is 0 Å². The predicted octanol–water partition coefficient (Wildman–Crippen LogP) is 2.05. The van der Waals surface area contributed by atoms with Gasteiger partial charge in [0.25, 0.3) is 0 Å². The van der Waals surface area contributed by atoms with Crippen LogP contribution >= 0.6 is 0 Å². The topological polar surface area (TPSA) is 57.5 Å². The molecule has 0 amide bonds. The molecule has 0 heterocycles. The number of hydrogen-bond donors (Lipinski definition) is 2. The molecule has 90 valence electrons. The Bertz CT molecular complexity index is 470. The van der Waals surface area contributed by atoms with Crippen LogP contribution in [0.5, 0.6) is 5.75 Å². The SMILES string of the molecule is O=C1c2cc(O)ccc2CC12CCC(O)CC2. The molecule has 2 N–H and O–H groups in total. The van der Waals surface area contributed by atoms with E-state index in [4.69, 9.17) is 0 Å². The normalized spacial score (nSPS) is 31.8. The summed E-state index contributed by atoms with van der Waals surface area (Å²) in [5.41, 5.74) is 1.43. The second-order valence-electron chi connectivity index (χ2n) is 5.36. The molecule has 17 heavy (non-hydrogen) atoms. The Morgan fingerprint density at radius 1 is 1.24 bits per heavy atom. The highest BCUT2D eigenvalue weighted by atomic mass is 16.3. The quantitative estimate of drug-likeness (QED) is 0.719. The number of phenolic OH excluding ortho intramolecular Hbond substituents is 1. The van der Waals surface area contributed by atoms with Crippen molar-refractivity contribution in [1.29, 1.82) is 0 Å². The number of aromatic hydroxyl groups is 1. The molecule has 2 aliphatic carbocycles. The van der Waals surface area contributed by atoms with Crippen molar-refractivity contribution < 1.29 is 15.0 Å². The van der Waals surface area contributed by atoms with Crippen LogP contribution in [0.1, 0.15) is 41.6 Å². The summed E-state index contributed by atoms with van der Waals surface area (Å²) in [6, 6.07) is 5.07. The van der Waals surface area contributed by atoms with Gasteiger partial charge in [0.1, 0.15) is 5.75 Å². The number of hydrogen-bond acceptors (Lipinski definition) is 3. The van der Waals surface area contributed by atoms with Gasteiger partial charge in [-0.2, -0.15) is 0 Å². The third-order valence-electron chi connectivity index (χ3n) is 4.26. The fourth-order valence-corrected chi connectivity index (χ4v) is 3.22. The Kier molecular flexibility index (Phi) is 2.26. The van der Waals surface area contributed by atoms with Crippen LogP contribution in [0.15, 0.2) is 18.2 Å². The summed E-state index contributed by atoms with van der Waals surface area (Å²) in [7, 11) is 0. The Labute approximate surface area is 100 Å². The Hall–Kier alpha value is -1.35.